The Labute approximate surface area is 227 Å². The van der Waals surface area contributed by atoms with E-state index >= 15 is 0 Å². The molecule has 0 spiro atoms. The maximum Gasteiger partial charge on any atom is 0.407 e. The number of hydrogen-bond acceptors (Lipinski definition) is 6. The Hall–Kier alpha value is -4.08. The van der Waals surface area contributed by atoms with Gasteiger partial charge in [-0.1, -0.05) is 0 Å². The second-order valence-electron chi connectivity index (χ2n) is 11.0. The monoisotopic (exact) mass is 532 g/mol. The Bertz CT molecular complexity index is 1550. The van der Waals surface area contributed by atoms with Crippen LogP contribution in [0.4, 0.5) is 4.79 Å². The van der Waals surface area contributed by atoms with Crippen molar-refractivity contribution in [3.63, 3.8) is 0 Å². The van der Waals surface area contributed by atoms with Crippen LogP contribution < -0.4 is 10.1 Å². The van der Waals surface area contributed by atoms with Gasteiger partial charge in [-0.2, -0.15) is 0 Å². The smallest absolute Gasteiger partial charge is 0.407 e. The lowest BCUT2D eigenvalue weighted by molar-refractivity contribution is 0.0452. The molecule has 39 heavy (non-hydrogen) atoms. The highest BCUT2D eigenvalue weighted by Gasteiger charge is 2.28. The molecule has 0 radical (unpaired) electrons. The molecule has 1 atom stereocenters. The second kappa shape index (κ2) is 10.2. The largest absolute Gasteiger partial charge is 0.494 e. The van der Waals surface area contributed by atoms with E-state index in [0.29, 0.717) is 29.9 Å². The highest BCUT2D eigenvalue weighted by Crippen LogP contribution is 2.34. The Morgan fingerprint density at radius 3 is 2.72 bits per heavy atom. The Balaban J connectivity index is 1.46. The number of carbonyl (C=O) groups is 2. The van der Waals surface area contributed by atoms with E-state index in [9.17, 15) is 9.59 Å². The number of pyridine rings is 1. The summed E-state index contributed by atoms with van der Waals surface area (Å²) in [5.41, 5.74) is 3.27. The lowest BCUT2D eigenvalue weighted by atomic mass is 10.0. The van der Waals surface area contributed by atoms with Gasteiger partial charge in [0.25, 0.3) is 5.91 Å². The third kappa shape index (κ3) is 5.15. The first-order valence-corrected chi connectivity index (χ1v) is 13.4. The molecule has 1 unspecified atom stereocenters. The topological polar surface area (TPSA) is 104 Å². The number of nitrogens with zero attached hydrogens (tertiary/aromatic N) is 5. The third-order valence-corrected chi connectivity index (χ3v) is 7.03. The zero-order chi connectivity index (χ0) is 27.9. The highest BCUT2D eigenvalue weighted by molar-refractivity contribution is 6.00. The quantitative estimate of drug-likeness (QED) is 0.398. The standard InChI is InChI=1S/C29H36N6O4/c1-7-35-22(15-18-10-8-12-30-25(18)35)26-32-21-14-19(16-23(38-6)24(21)33(26)5)27(36)34-13-9-11-20(17-34)31-28(37)39-29(2,3)4/h8,10,12,14-16,20H,7,9,11,13,17H2,1-6H3,(H,31,37). The molecular weight excluding hydrogens is 496 g/mol. The van der Waals surface area contributed by atoms with Crippen LogP contribution in [0.25, 0.3) is 33.6 Å². The van der Waals surface area contributed by atoms with Gasteiger partial charge in [0.05, 0.1) is 18.3 Å². The number of rotatable bonds is 5. The summed E-state index contributed by atoms with van der Waals surface area (Å²) in [6.45, 7) is 9.34. The first-order valence-electron chi connectivity index (χ1n) is 13.4. The van der Waals surface area contributed by atoms with Gasteiger partial charge < -0.3 is 28.8 Å². The number of imidazole rings is 1. The van der Waals surface area contributed by atoms with Gasteiger partial charge in [-0.05, 0) is 70.9 Å². The SMILES string of the molecule is CCn1c(-c2nc3cc(C(=O)N4CCCC(NC(=O)OC(C)(C)C)C4)cc(OC)c3n2C)cc2cccnc21. The average Bonchev–Trinajstić information content (AvgIpc) is 3.43. The molecule has 5 rings (SSSR count). The van der Waals surface area contributed by atoms with Crippen molar-refractivity contribution in [3.05, 3.63) is 42.1 Å². The summed E-state index contributed by atoms with van der Waals surface area (Å²) in [7, 11) is 3.56. The van der Waals surface area contributed by atoms with Crippen molar-refractivity contribution >= 4 is 34.1 Å². The van der Waals surface area contributed by atoms with Crippen LogP contribution in [-0.4, -0.2) is 67.8 Å². The Morgan fingerprint density at radius 1 is 1.21 bits per heavy atom. The lowest BCUT2D eigenvalue weighted by Gasteiger charge is -2.33. The van der Waals surface area contributed by atoms with Crippen LogP contribution in [0.2, 0.25) is 0 Å². The molecule has 0 saturated carbocycles. The van der Waals surface area contributed by atoms with Crippen LogP contribution in [0, 0.1) is 0 Å². The fourth-order valence-corrected chi connectivity index (χ4v) is 5.35. The number of piperidine rings is 1. The van der Waals surface area contributed by atoms with Crippen LogP contribution in [0.5, 0.6) is 5.75 Å². The maximum absolute atomic E-state index is 13.6. The number of carbonyl (C=O) groups excluding carboxylic acids is 2. The number of hydrogen-bond donors (Lipinski definition) is 1. The van der Waals surface area contributed by atoms with E-state index in [1.54, 1.807) is 24.3 Å². The van der Waals surface area contributed by atoms with Crippen LogP contribution >= 0.6 is 0 Å². The van der Waals surface area contributed by atoms with Crippen molar-refractivity contribution < 1.29 is 19.1 Å². The summed E-state index contributed by atoms with van der Waals surface area (Å²) >= 11 is 0. The number of benzene rings is 1. The molecule has 1 fully saturated rings. The van der Waals surface area contributed by atoms with Gasteiger partial charge in [-0.15, -0.1) is 0 Å². The first-order chi connectivity index (χ1) is 18.6. The molecule has 1 aromatic carbocycles. The Kier molecular flexibility index (Phi) is 6.96. The van der Waals surface area contributed by atoms with Crippen molar-refractivity contribution in [1.82, 2.24) is 29.3 Å². The molecule has 0 bridgehead atoms. The number of aryl methyl sites for hydroxylation is 2. The van der Waals surface area contributed by atoms with Crippen LogP contribution in [-0.2, 0) is 18.3 Å². The second-order valence-corrected chi connectivity index (χ2v) is 11.0. The van der Waals surface area contributed by atoms with E-state index in [0.717, 1.165) is 47.5 Å². The fourth-order valence-electron chi connectivity index (χ4n) is 5.35. The van der Waals surface area contributed by atoms with Gasteiger partial charge in [0.1, 0.15) is 22.5 Å². The van der Waals surface area contributed by atoms with E-state index in [4.69, 9.17) is 14.5 Å². The Morgan fingerprint density at radius 2 is 2.00 bits per heavy atom. The van der Waals surface area contributed by atoms with E-state index < -0.39 is 11.7 Å². The van der Waals surface area contributed by atoms with Crippen LogP contribution in [0.1, 0.15) is 50.9 Å². The van der Waals surface area contributed by atoms with Gasteiger partial charge in [0.15, 0.2) is 5.82 Å². The molecule has 3 aromatic heterocycles. The van der Waals surface area contributed by atoms with E-state index in [2.05, 4.69) is 27.9 Å². The van der Waals surface area contributed by atoms with Crippen molar-refractivity contribution in [3.8, 4) is 17.3 Å². The molecule has 4 aromatic rings. The summed E-state index contributed by atoms with van der Waals surface area (Å²) in [5.74, 6) is 1.23. The molecule has 1 aliphatic heterocycles. The van der Waals surface area contributed by atoms with E-state index in [-0.39, 0.29) is 11.9 Å². The van der Waals surface area contributed by atoms with Gasteiger partial charge in [0, 0.05) is 49.9 Å². The zero-order valence-electron chi connectivity index (χ0n) is 23.4. The van der Waals surface area contributed by atoms with Crippen LogP contribution in [0.15, 0.2) is 36.5 Å². The minimum absolute atomic E-state index is 0.120. The van der Waals surface area contributed by atoms with Gasteiger partial charge >= 0.3 is 6.09 Å². The van der Waals surface area contributed by atoms with Crippen molar-refractivity contribution in [2.75, 3.05) is 20.2 Å². The zero-order valence-corrected chi connectivity index (χ0v) is 23.4. The number of methoxy groups -OCH3 is 1. The number of alkyl carbamates (subject to hydrolysis) is 1. The number of aromatic nitrogens is 4. The number of fused-ring (bicyclic) bond motifs is 2. The van der Waals surface area contributed by atoms with E-state index in [1.165, 1.54) is 0 Å². The molecule has 0 aliphatic carbocycles. The summed E-state index contributed by atoms with van der Waals surface area (Å²) in [4.78, 5) is 37.2. The predicted molar refractivity (Wildman–Crippen MR) is 150 cm³/mol. The number of amides is 2. The minimum Gasteiger partial charge on any atom is -0.494 e. The van der Waals surface area contributed by atoms with E-state index in [1.807, 2.05) is 50.6 Å². The number of nitrogens with one attached hydrogen (secondary N) is 1. The minimum atomic E-state index is -0.580. The summed E-state index contributed by atoms with van der Waals surface area (Å²) in [6.07, 6.45) is 2.90. The maximum atomic E-state index is 13.6. The first kappa shape index (κ1) is 26.5. The number of likely N-dealkylation sites (tertiary alicyclic amines) is 1. The van der Waals surface area contributed by atoms with Crippen LogP contribution in [0.3, 0.4) is 0 Å². The highest BCUT2D eigenvalue weighted by atomic mass is 16.6. The molecule has 1 aliphatic rings. The molecule has 206 valence electrons. The molecule has 1 saturated heterocycles. The van der Waals surface area contributed by atoms with Gasteiger partial charge in [-0.3, -0.25) is 4.79 Å². The molecule has 4 heterocycles. The van der Waals surface area contributed by atoms with Gasteiger partial charge in [0.2, 0.25) is 0 Å². The van der Waals surface area contributed by atoms with Crippen molar-refractivity contribution in [2.45, 2.75) is 58.7 Å². The summed E-state index contributed by atoms with van der Waals surface area (Å²) < 4.78 is 15.3. The molecule has 10 nitrogen and oxygen atoms in total. The predicted octanol–water partition coefficient (Wildman–Crippen LogP) is 4.75. The molecule has 2 amide bonds. The molecule has 1 N–H and O–H groups in total. The summed E-state index contributed by atoms with van der Waals surface area (Å²) in [6, 6.07) is 9.49. The average molecular weight is 533 g/mol. The van der Waals surface area contributed by atoms with Gasteiger partial charge in [-0.25, -0.2) is 14.8 Å². The lowest BCUT2D eigenvalue weighted by Crippen LogP contribution is -2.50. The number of ether oxygens (including phenoxy) is 2. The fraction of sp³-hybridized carbons (Fsp3) is 0.448. The summed E-state index contributed by atoms with van der Waals surface area (Å²) in [5, 5.41) is 3.96. The molecule has 10 heteroatoms. The normalized spacial score (nSPS) is 16.1. The molecular formula is C29H36N6O4. The van der Waals surface area contributed by atoms with Crippen molar-refractivity contribution in [1.29, 1.82) is 0 Å². The third-order valence-electron chi connectivity index (χ3n) is 7.03. The van der Waals surface area contributed by atoms with Crippen molar-refractivity contribution in [2.24, 2.45) is 7.05 Å².